The van der Waals surface area contributed by atoms with Crippen LogP contribution in [0.25, 0.3) is 43.8 Å². The maximum atomic E-state index is 2.35. The van der Waals surface area contributed by atoms with Gasteiger partial charge < -0.3 is 39.7 Å². The molecule has 6 aromatic carbocycles. The van der Waals surface area contributed by atoms with Crippen LogP contribution in [0.3, 0.4) is 0 Å². The van der Waals surface area contributed by atoms with Gasteiger partial charge in [0.1, 0.15) is 0 Å². The number of halogens is 2. The average Bonchev–Trinajstić information content (AvgIpc) is 3.49. The predicted octanol–water partition coefficient (Wildman–Crippen LogP) is 5.84. The zero-order valence-corrected chi connectivity index (χ0v) is 32.3. The second-order valence-corrected chi connectivity index (χ2v) is 11.2. The molecule has 0 N–H and O–H groups in total. The van der Waals surface area contributed by atoms with Gasteiger partial charge in [0.2, 0.25) is 0 Å². The molecule has 230 valence electrons. The van der Waals surface area contributed by atoms with Gasteiger partial charge in [-0.15, -0.1) is 56.9 Å². The summed E-state index contributed by atoms with van der Waals surface area (Å²) in [5.74, 6) is 1.11. The molecule has 4 heteroatoms. The Labute approximate surface area is 303 Å². The number of aryl methyl sites for hydroxylation is 2. The molecule has 0 saturated heterocycles. The second kappa shape index (κ2) is 19.3. The van der Waals surface area contributed by atoms with Crippen molar-refractivity contribution in [2.75, 3.05) is 0 Å². The molecule has 0 amide bonds. The van der Waals surface area contributed by atoms with Crippen LogP contribution in [0.2, 0.25) is 0 Å². The van der Waals surface area contributed by atoms with Gasteiger partial charge in [0.25, 0.3) is 0 Å². The van der Waals surface area contributed by atoms with Gasteiger partial charge >= 0.3 is 26.2 Å². The molecule has 0 fully saturated rings. The summed E-state index contributed by atoms with van der Waals surface area (Å²) in [5, 5.41) is 5.46. The monoisotopic (exact) mass is 712 g/mol. The van der Waals surface area contributed by atoms with Gasteiger partial charge in [-0.05, 0) is 23.0 Å². The number of fused-ring (bicyclic) bond motifs is 2. The van der Waals surface area contributed by atoms with Crippen molar-refractivity contribution < 1.29 is 51.0 Å². The topological polar surface area (TPSA) is 0 Å². The van der Waals surface area contributed by atoms with Gasteiger partial charge in [-0.3, -0.25) is 0 Å². The zero-order valence-electron chi connectivity index (χ0n) is 27.3. The smallest absolute Gasteiger partial charge is 1.00 e. The maximum Gasteiger partial charge on any atom is 2.00 e. The first-order valence-electron chi connectivity index (χ1n) is 13.8. The Morgan fingerprint density at radius 3 is 1.11 bits per heavy atom. The molecule has 44 heavy (non-hydrogen) atoms. The van der Waals surface area contributed by atoms with Crippen molar-refractivity contribution in [2.45, 2.75) is 53.4 Å². The first-order valence-corrected chi connectivity index (χ1v) is 13.8. The minimum absolute atomic E-state index is 0. The fourth-order valence-corrected chi connectivity index (χ4v) is 5.37. The Bertz CT molecular complexity index is 1550. The van der Waals surface area contributed by atoms with Crippen molar-refractivity contribution in [2.24, 2.45) is 0 Å². The Hall–Kier alpha value is -2.22. The molecule has 6 aromatic rings. The van der Waals surface area contributed by atoms with Crippen LogP contribution in [0.15, 0.2) is 109 Å². The number of hydrogen-bond donors (Lipinski definition) is 0. The van der Waals surface area contributed by atoms with Crippen molar-refractivity contribution in [3.05, 3.63) is 146 Å². The molecule has 0 saturated carbocycles. The largest absolute Gasteiger partial charge is 2.00 e. The second-order valence-electron chi connectivity index (χ2n) is 11.2. The molecule has 0 nitrogen and oxygen atoms in total. The van der Waals surface area contributed by atoms with E-state index < -0.39 is 0 Å². The quantitative estimate of drug-likeness (QED) is 0.159. The van der Waals surface area contributed by atoms with Crippen LogP contribution >= 0.6 is 0 Å². The minimum Gasteiger partial charge on any atom is -1.00 e. The van der Waals surface area contributed by atoms with E-state index in [0.717, 1.165) is 0 Å². The van der Waals surface area contributed by atoms with Crippen molar-refractivity contribution in [1.29, 1.82) is 0 Å². The Morgan fingerprint density at radius 1 is 0.500 bits per heavy atom. The SMILES string of the molecule is Cc1cc2c(-c3ccccc3)cc(C(C)C)cc2[cH-]1.Cc1cc2c(-c3ccccc3)cc(C(C)C)cc2[cH-]1.[CH3-].[CH3-].[Cl-].[Cl-].[Si].[Zr+2]. The van der Waals surface area contributed by atoms with Crippen LogP contribution in [0.5, 0.6) is 0 Å². The van der Waals surface area contributed by atoms with Crippen molar-refractivity contribution in [3.63, 3.8) is 0 Å². The summed E-state index contributed by atoms with van der Waals surface area (Å²) in [6.45, 7) is 13.4. The Kier molecular flexibility index (Phi) is 19.3. The number of benzene rings is 4. The molecule has 0 spiro atoms. The summed E-state index contributed by atoms with van der Waals surface area (Å²) in [5.41, 5.74) is 10.8. The molecule has 0 bridgehead atoms. The van der Waals surface area contributed by atoms with E-state index in [1.54, 1.807) is 0 Å². The summed E-state index contributed by atoms with van der Waals surface area (Å²) >= 11 is 0. The summed E-state index contributed by atoms with van der Waals surface area (Å²) in [4.78, 5) is 0. The molecule has 0 aromatic heterocycles. The fraction of sp³-hybridized carbons (Fsp3) is 0.200. The third-order valence-electron chi connectivity index (χ3n) is 7.48. The Balaban J connectivity index is 0. The molecule has 0 heterocycles. The van der Waals surface area contributed by atoms with Gasteiger partial charge in [0.05, 0.1) is 0 Å². The number of hydrogen-bond acceptors (Lipinski definition) is 0. The molecule has 0 aliphatic heterocycles. The van der Waals surface area contributed by atoms with E-state index in [0.29, 0.717) is 11.8 Å². The third kappa shape index (κ3) is 9.89. The van der Waals surface area contributed by atoms with Gasteiger partial charge in [0.15, 0.2) is 0 Å². The Morgan fingerprint density at radius 2 is 0.818 bits per heavy atom. The van der Waals surface area contributed by atoms with Crippen LogP contribution < -0.4 is 24.8 Å². The van der Waals surface area contributed by atoms with Gasteiger partial charge in [-0.2, -0.15) is 12.1 Å². The first-order chi connectivity index (χ1) is 18.3. The summed E-state index contributed by atoms with van der Waals surface area (Å²) in [6, 6.07) is 39.9. The number of rotatable bonds is 4. The molecule has 6 rings (SSSR count). The van der Waals surface area contributed by atoms with E-state index in [2.05, 4.69) is 151 Å². The maximum absolute atomic E-state index is 2.35. The molecule has 0 aliphatic carbocycles. The van der Waals surface area contributed by atoms with E-state index in [1.165, 1.54) is 66.1 Å². The van der Waals surface area contributed by atoms with Crippen molar-refractivity contribution in [1.82, 2.24) is 0 Å². The summed E-state index contributed by atoms with van der Waals surface area (Å²) in [7, 11) is 0. The van der Waals surface area contributed by atoms with Crippen LogP contribution in [-0.2, 0) is 26.2 Å². The van der Waals surface area contributed by atoms with E-state index in [1.807, 2.05) is 0 Å². The van der Waals surface area contributed by atoms with Crippen LogP contribution in [0.1, 0.15) is 61.8 Å². The molecule has 0 aliphatic rings. The van der Waals surface area contributed by atoms with Gasteiger partial charge in [0, 0.05) is 11.0 Å². The van der Waals surface area contributed by atoms with E-state index >= 15 is 0 Å². The first kappa shape index (κ1) is 43.9. The summed E-state index contributed by atoms with van der Waals surface area (Å²) < 4.78 is 0. The van der Waals surface area contributed by atoms with Gasteiger partial charge in [-0.25, -0.2) is 0 Å². The molecule has 0 atom stereocenters. The normalized spacial score (nSPS) is 9.82. The predicted molar refractivity (Wildman–Crippen MR) is 186 cm³/mol. The van der Waals surface area contributed by atoms with E-state index in [4.69, 9.17) is 0 Å². The van der Waals surface area contributed by atoms with Crippen molar-refractivity contribution in [3.8, 4) is 22.3 Å². The van der Waals surface area contributed by atoms with Gasteiger partial charge in [-0.1, -0.05) is 137 Å². The van der Waals surface area contributed by atoms with E-state index in [-0.39, 0.29) is 76.8 Å². The van der Waals surface area contributed by atoms with Crippen molar-refractivity contribution >= 4 is 32.5 Å². The average molecular weight is 715 g/mol. The summed E-state index contributed by atoms with van der Waals surface area (Å²) in [6.07, 6.45) is 0. The molecule has 4 radical (unpaired) electrons. The molecular formula is C40H44Cl2SiZr-4. The molecule has 0 unspecified atom stereocenters. The standard InChI is InChI=1S/2C19H19.2CH3.2ClH.Si.Zr/c2*1-13(2)16-11-17-9-14(3)10-18(17)19(12-16)15-7-5-4-6-8-15;;;;;;/h2*4-13H,1-3H3;2*1H3;2*1H;;/q4*-1;;;;+2/p-2. The minimum atomic E-state index is 0. The zero-order chi connectivity index (χ0) is 26.8. The van der Waals surface area contributed by atoms with Crippen LogP contribution in [0, 0.1) is 28.7 Å². The van der Waals surface area contributed by atoms with Crippen LogP contribution in [-0.4, -0.2) is 11.0 Å². The van der Waals surface area contributed by atoms with Crippen LogP contribution in [0.4, 0.5) is 0 Å². The van der Waals surface area contributed by atoms with E-state index in [9.17, 15) is 0 Å². The third-order valence-corrected chi connectivity index (χ3v) is 7.48. The molecular weight excluding hydrogens is 671 g/mol. The fourth-order valence-electron chi connectivity index (χ4n) is 5.37.